The summed E-state index contributed by atoms with van der Waals surface area (Å²) in [6.07, 6.45) is 3.15. The number of aliphatic carboxylic acids is 1. The van der Waals surface area contributed by atoms with Crippen LogP contribution in [0.25, 0.3) is 22.0 Å². The molecule has 1 saturated heterocycles. The molecule has 126 valence electrons. The molecule has 0 spiro atoms. The minimum Gasteiger partial charge on any atom is -0.481 e. The maximum atomic E-state index is 11.4. The fraction of sp³-hybridized carbons (Fsp3) is 0.250. The number of hydrogen-bond acceptors (Lipinski definition) is 4. The lowest BCUT2D eigenvalue weighted by molar-refractivity contribution is -0.141. The van der Waals surface area contributed by atoms with Crippen LogP contribution in [0.15, 0.2) is 54.9 Å². The van der Waals surface area contributed by atoms with Crippen LogP contribution in [-0.2, 0) is 4.79 Å². The van der Waals surface area contributed by atoms with Crippen molar-refractivity contribution in [3.05, 3.63) is 54.9 Å². The number of piperidine rings is 1. The van der Waals surface area contributed by atoms with Crippen molar-refractivity contribution in [2.75, 3.05) is 18.0 Å². The summed E-state index contributed by atoms with van der Waals surface area (Å²) in [6.45, 7) is 1.31. The quantitative estimate of drug-likeness (QED) is 0.793. The molecule has 0 aliphatic carbocycles. The number of benzene rings is 2. The van der Waals surface area contributed by atoms with Crippen LogP contribution in [0.3, 0.4) is 0 Å². The first-order chi connectivity index (χ1) is 12.2. The van der Waals surface area contributed by atoms with E-state index in [0.717, 1.165) is 47.2 Å². The van der Waals surface area contributed by atoms with Crippen LogP contribution in [0.4, 0.5) is 5.82 Å². The van der Waals surface area contributed by atoms with E-state index in [1.165, 1.54) is 0 Å². The number of carbonyl (C=O) groups is 1. The van der Waals surface area contributed by atoms with Gasteiger partial charge in [-0.2, -0.15) is 0 Å². The van der Waals surface area contributed by atoms with E-state index in [2.05, 4.69) is 33.1 Å². The molecule has 0 amide bonds. The second-order valence-corrected chi connectivity index (χ2v) is 6.39. The van der Waals surface area contributed by atoms with Crippen molar-refractivity contribution in [1.82, 2.24) is 9.97 Å². The molecular weight excluding hydrogens is 314 g/mol. The van der Waals surface area contributed by atoms with Gasteiger partial charge in [0.1, 0.15) is 12.1 Å². The van der Waals surface area contributed by atoms with Gasteiger partial charge in [-0.3, -0.25) is 4.79 Å². The molecular formula is C20H19N3O2. The molecule has 4 rings (SSSR count). The Kier molecular flexibility index (Phi) is 4.06. The number of anilines is 1. The highest BCUT2D eigenvalue weighted by Crippen LogP contribution is 2.35. The van der Waals surface area contributed by atoms with Gasteiger partial charge in [-0.15, -0.1) is 0 Å². The van der Waals surface area contributed by atoms with Crippen LogP contribution in [0.5, 0.6) is 0 Å². The van der Waals surface area contributed by atoms with Crippen molar-refractivity contribution < 1.29 is 9.90 Å². The highest BCUT2D eigenvalue weighted by molar-refractivity contribution is 6.02. The molecule has 3 aromatic rings. The van der Waals surface area contributed by atoms with Gasteiger partial charge >= 0.3 is 5.97 Å². The maximum absolute atomic E-state index is 11.4. The van der Waals surface area contributed by atoms with Crippen LogP contribution >= 0.6 is 0 Å². The van der Waals surface area contributed by atoms with Crippen molar-refractivity contribution in [2.45, 2.75) is 12.8 Å². The molecule has 1 atom stereocenters. The minimum atomic E-state index is -0.730. The zero-order chi connectivity index (χ0) is 17.2. The predicted octanol–water partition coefficient (Wildman–Crippen LogP) is 3.60. The maximum Gasteiger partial charge on any atom is 0.308 e. The lowest BCUT2D eigenvalue weighted by Gasteiger charge is -2.32. The van der Waals surface area contributed by atoms with Gasteiger partial charge in [0, 0.05) is 13.1 Å². The molecule has 5 nitrogen and oxygen atoms in total. The van der Waals surface area contributed by atoms with Crippen molar-refractivity contribution in [1.29, 1.82) is 0 Å². The number of hydrogen-bond donors (Lipinski definition) is 1. The second kappa shape index (κ2) is 6.51. The Hall–Kier alpha value is -2.95. The molecule has 2 aromatic carbocycles. The molecule has 5 heteroatoms. The van der Waals surface area contributed by atoms with E-state index in [-0.39, 0.29) is 5.92 Å². The molecule has 25 heavy (non-hydrogen) atoms. The van der Waals surface area contributed by atoms with Crippen molar-refractivity contribution >= 4 is 22.7 Å². The second-order valence-electron chi connectivity index (χ2n) is 6.39. The van der Waals surface area contributed by atoms with E-state index >= 15 is 0 Å². The zero-order valence-corrected chi connectivity index (χ0v) is 13.8. The van der Waals surface area contributed by atoms with Crippen molar-refractivity contribution in [2.24, 2.45) is 5.92 Å². The van der Waals surface area contributed by atoms with Crippen LogP contribution < -0.4 is 4.90 Å². The highest BCUT2D eigenvalue weighted by Gasteiger charge is 2.27. The Morgan fingerprint density at radius 2 is 1.92 bits per heavy atom. The van der Waals surface area contributed by atoms with Crippen LogP contribution in [-0.4, -0.2) is 34.1 Å². The van der Waals surface area contributed by atoms with Gasteiger partial charge < -0.3 is 10.0 Å². The summed E-state index contributed by atoms with van der Waals surface area (Å²) in [6, 6.07) is 16.2. The number of carboxylic acid groups (broad SMARTS) is 1. The molecule has 0 bridgehead atoms. The number of carboxylic acids is 1. The van der Waals surface area contributed by atoms with E-state index in [0.29, 0.717) is 6.54 Å². The van der Waals surface area contributed by atoms with E-state index in [1.54, 1.807) is 6.33 Å². The number of nitrogens with zero attached hydrogens (tertiary/aromatic N) is 3. The molecule has 1 unspecified atom stereocenters. The number of aromatic nitrogens is 2. The lowest BCUT2D eigenvalue weighted by Crippen LogP contribution is -2.39. The molecule has 1 aliphatic heterocycles. The van der Waals surface area contributed by atoms with E-state index in [9.17, 15) is 9.90 Å². The largest absolute Gasteiger partial charge is 0.481 e. The first kappa shape index (κ1) is 15.6. The summed E-state index contributed by atoms with van der Waals surface area (Å²) < 4.78 is 0. The predicted molar refractivity (Wildman–Crippen MR) is 97.5 cm³/mol. The average molecular weight is 333 g/mol. The van der Waals surface area contributed by atoms with Gasteiger partial charge in [-0.05, 0) is 30.0 Å². The van der Waals surface area contributed by atoms with Crippen LogP contribution in [0.1, 0.15) is 12.8 Å². The minimum absolute atomic E-state index is 0.345. The van der Waals surface area contributed by atoms with Gasteiger partial charge in [0.05, 0.1) is 16.8 Å². The summed E-state index contributed by atoms with van der Waals surface area (Å²) in [5.74, 6) is -0.246. The van der Waals surface area contributed by atoms with Gasteiger partial charge in [0.15, 0.2) is 0 Å². The fourth-order valence-electron chi connectivity index (χ4n) is 3.56. The normalized spacial score (nSPS) is 17.6. The molecule has 1 aliphatic rings. The smallest absolute Gasteiger partial charge is 0.308 e. The topological polar surface area (TPSA) is 66.3 Å². The Morgan fingerprint density at radius 3 is 2.72 bits per heavy atom. The van der Waals surface area contributed by atoms with Crippen molar-refractivity contribution in [3.8, 4) is 11.1 Å². The standard InChI is InChI=1S/C20H19N3O2/c24-20(25)15-8-5-11-23(12-15)19-18-16(14-6-2-1-3-7-14)9-4-10-17(18)21-13-22-19/h1-4,6-7,9-10,13,15H,5,8,11-12H2,(H,24,25). The molecule has 0 radical (unpaired) electrons. The Morgan fingerprint density at radius 1 is 1.08 bits per heavy atom. The summed E-state index contributed by atoms with van der Waals surface area (Å²) in [4.78, 5) is 22.5. The molecule has 0 saturated carbocycles. The summed E-state index contributed by atoms with van der Waals surface area (Å²) in [5.41, 5.74) is 3.06. The van der Waals surface area contributed by atoms with E-state index < -0.39 is 5.97 Å². The third-order valence-corrected chi connectivity index (χ3v) is 4.80. The Labute approximate surface area is 146 Å². The summed E-state index contributed by atoms with van der Waals surface area (Å²) >= 11 is 0. The number of rotatable bonds is 3. The number of fused-ring (bicyclic) bond motifs is 1. The monoisotopic (exact) mass is 333 g/mol. The first-order valence-corrected chi connectivity index (χ1v) is 8.51. The van der Waals surface area contributed by atoms with Crippen LogP contribution in [0, 0.1) is 5.92 Å². The van der Waals surface area contributed by atoms with E-state index in [1.807, 2.05) is 30.3 Å². The lowest BCUT2D eigenvalue weighted by atomic mass is 9.96. The molecule has 1 N–H and O–H groups in total. The Balaban J connectivity index is 1.86. The third-order valence-electron chi connectivity index (χ3n) is 4.80. The molecule has 1 fully saturated rings. The highest BCUT2D eigenvalue weighted by atomic mass is 16.4. The van der Waals surface area contributed by atoms with Gasteiger partial charge in [0.25, 0.3) is 0 Å². The van der Waals surface area contributed by atoms with E-state index in [4.69, 9.17) is 0 Å². The third kappa shape index (κ3) is 2.93. The van der Waals surface area contributed by atoms with Crippen molar-refractivity contribution in [3.63, 3.8) is 0 Å². The summed E-state index contributed by atoms with van der Waals surface area (Å²) in [5, 5.41) is 10.4. The first-order valence-electron chi connectivity index (χ1n) is 8.51. The van der Waals surface area contributed by atoms with Crippen LogP contribution in [0.2, 0.25) is 0 Å². The molecule has 1 aromatic heterocycles. The van der Waals surface area contributed by atoms with Gasteiger partial charge in [0.2, 0.25) is 0 Å². The SMILES string of the molecule is O=C(O)C1CCCN(c2ncnc3cccc(-c4ccccc4)c23)C1. The van der Waals surface area contributed by atoms with Gasteiger partial charge in [-0.1, -0.05) is 42.5 Å². The zero-order valence-electron chi connectivity index (χ0n) is 13.8. The average Bonchev–Trinajstić information content (AvgIpc) is 2.68. The summed E-state index contributed by atoms with van der Waals surface area (Å²) in [7, 11) is 0. The molecule has 2 heterocycles. The Bertz CT molecular complexity index is 906. The fourth-order valence-corrected chi connectivity index (χ4v) is 3.56. The van der Waals surface area contributed by atoms with Gasteiger partial charge in [-0.25, -0.2) is 9.97 Å².